The van der Waals surface area contributed by atoms with Crippen molar-refractivity contribution in [1.82, 2.24) is 15.0 Å². The Morgan fingerprint density at radius 2 is 1.97 bits per heavy atom. The molecular weight excluding hydrogens is 486 g/mol. The first-order valence-electron chi connectivity index (χ1n) is 12.5. The lowest BCUT2D eigenvalue weighted by atomic mass is 9.91. The number of carbonyl (C=O) groups is 1. The van der Waals surface area contributed by atoms with Crippen LogP contribution in [0.4, 0.5) is 17.2 Å². The summed E-state index contributed by atoms with van der Waals surface area (Å²) < 4.78 is 0. The molecule has 6 rings (SSSR count). The Labute approximate surface area is 218 Å². The maximum atomic E-state index is 13.7. The number of hydrogen-bond acceptors (Lipinski definition) is 7. The van der Waals surface area contributed by atoms with E-state index in [0.29, 0.717) is 35.0 Å². The number of aromatic amines is 1. The van der Waals surface area contributed by atoms with Crippen LogP contribution in [0.3, 0.4) is 0 Å². The summed E-state index contributed by atoms with van der Waals surface area (Å²) in [4.78, 5) is 41.4. The molecule has 0 bridgehead atoms. The molecule has 1 aliphatic carbocycles. The van der Waals surface area contributed by atoms with Crippen LogP contribution in [0.1, 0.15) is 49.8 Å². The standard InChI is InChI=1S/C28H27N5O3S/c1-16-20(13-22(27(35)31-16)32-25-9-11-29-15-30-25)17-6-4-7-23(21(17)14-34)33-12-10-19-18-5-2-3-8-24(18)37-26(19)28(33)36/h4,6-7,9,11,13,15,34H,2-3,5,8,10,12,14H2,1H3,(H,31,35)(H,29,30,32). The Morgan fingerprint density at radius 3 is 2.78 bits per heavy atom. The molecule has 0 radical (unpaired) electrons. The minimum absolute atomic E-state index is 0.0109. The van der Waals surface area contributed by atoms with Gasteiger partial charge in [-0.3, -0.25) is 9.59 Å². The van der Waals surface area contributed by atoms with Crippen LogP contribution in [-0.4, -0.2) is 32.5 Å². The molecule has 1 aromatic carbocycles. The van der Waals surface area contributed by atoms with Crippen LogP contribution >= 0.6 is 11.3 Å². The molecule has 1 amide bonds. The zero-order valence-corrected chi connectivity index (χ0v) is 21.3. The summed E-state index contributed by atoms with van der Waals surface area (Å²) in [6.45, 7) is 2.17. The van der Waals surface area contributed by atoms with Crippen molar-refractivity contribution in [2.75, 3.05) is 16.8 Å². The van der Waals surface area contributed by atoms with Crippen molar-refractivity contribution in [2.24, 2.45) is 0 Å². The molecule has 4 aromatic rings. The fourth-order valence-electron chi connectivity index (χ4n) is 5.49. The van der Waals surface area contributed by atoms with Crippen LogP contribution in [0.5, 0.6) is 0 Å². The van der Waals surface area contributed by atoms with E-state index in [1.54, 1.807) is 34.6 Å². The number of aromatic nitrogens is 3. The number of pyridine rings is 1. The topological polar surface area (TPSA) is 111 Å². The summed E-state index contributed by atoms with van der Waals surface area (Å²) in [6, 6.07) is 9.14. The van der Waals surface area contributed by atoms with Gasteiger partial charge in [0.05, 0.1) is 17.2 Å². The lowest BCUT2D eigenvalue weighted by molar-refractivity contribution is 0.0984. The minimum atomic E-state index is -0.276. The average molecular weight is 514 g/mol. The van der Waals surface area contributed by atoms with E-state index in [1.165, 1.54) is 35.2 Å². The number of nitrogens with zero attached hydrogens (tertiary/aromatic N) is 3. The van der Waals surface area contributed by atoms with Crippen LogP contribution in [0.15, 0.2) is 47.7 Å². The first kappa shape index (κ1) is 23.6. The Kier molecular flexibility index (Phi) is 6.10. The maximum Gasteiger partial charge on any atom is 0.271 e. The summed E-state index contributed by atoms with van der Waals surface area (Å²) in [5.74, 6) is 0.511. The molecule has 188 valence electrons. The van der Waals surface area contributed by atoms with Crippen molar-refractivity contribution < 1.29 is 9.90 Å². The summed E-state index contributed by atoms with van der Waals surface area (Å²) in [5.41, 5.74) is 6.26. The number of aliphatic hydroxyl groups is 1. The smallest absolute Gasteiger partial charge is 0.271 e. The Morgan fingerprint density at radius 1 is 1.11 bits per heavy atom. The van der Waals surface area contributed by atoms with E-state index in [9.17, 15) is 14.7 Å². The van der Waals surface area contributed by atoms with Gasteiger partial charge in [-0.05, 0) is 73.9 Å². The van der Waals surface area contributed by atoms with Crippen LogP contribution in [0.25, 0.3) is 11.1 Å². The molecule has 8 nitrogen and oxygen atoms in total. The van der Waals surface area contributed by atoms with Gasteiger partial charge < -0.3 is 20.3 Å². The van der Waals surface area contributed by atoms with Gasteiger partial charge in [0, 0.05) is 34.4 Å². The second-order valence-corrected chi connectivity index (χ2v) is 10.6. The van der Waals surface area contributed by atoms with Crippen molar-refractivity contribution in [1.29, 1.82) is 0 Å². The number of hydrogen-bond donors (Lipinski definition) is 3. The molecule has 0 atom stereocenters. The summed E-state index contributed by atoms with van der Waals surface area (Å²) in [7, 11) is 0. The number of anilines is 3. The molecule has 0 saturated carbocycles. The number of aliphatic hydroxyl groups excluding tert-OH is 1. The molecule has 2 aliphatic rings. The molecular formula is C28H27N5O3S. The average Bonchev–Trinajstić information content (AvgIpc) is 3.30. The van der Waals surface area contributed by atoms with Gasteiger partial charge in [0.15, 0.2) is 0 Å². The van der Waals surface area contributed by atoms with Gasteiger partial charge in [0.2, 0.25) is 0 Å². The quantitative estimate of drug-likeness (QED) is 0.362. The number of thiophene rings is 1. The van der Waals surface area contributed by atoms with Crippen LogP contribution < -0.4 is 15.8 Å². The lowest BCUT2D eigenvalue weighted by Gasteiger charge is -2.30. The van der Waals surface area contributed by atoms with Crippen LogP contribution in [0.2, 0.25) is 0 Å². The molecule has 1 aliphatic heterocycles. The van der Waals surface area contributed by atoms with E-state index < -0.39 is 0 Å². The zero-order valence-electron chi connectivity index (χ0n) is 20.5. The van der Waals surface area contributed by atoms with Gasteiger partial charge in [-0.2, -0.15) is 0 Å². The van der Waals surface area contributed by atoms with Gasteiger partial charge in [0.25, 0.3) is 11.5 Å². The van der Waals surface area contributed by atoms with E-state index in [0.717, 1.165) is 35.3 Å². The van der Waals surface area contributed by atoms with E-state index in [4.69, 9.17) is 0 Å². The Bertz CT molecular complexity index is 1560. The predicted octanol–water partition coefficient (Wildman–Crippen LogP) is 4.52. The largest absolute Gasteiger partial charge is 0.392 e. The third-order valence-corrected chi connectivity index (χ3v) is 8.60. The van der Waals surface area contributed by atoms with Crippen LogP contribution in [-0.2, 0) is 25.9 Å². The van der Waals surface area contributed by atoms with Gasteiger partial charge in [0.1, 0.15) is 17.8 Å². The molecule has 0 saturated heterocycles. The normalized spacial score (nSPS) is 14.9. The molecule has 4 heterocycles. The second-order valence-electron chi connectivity index (χ2n) is 9.46. The summed E-state index contributed by atoms with van der Waals surface area (Å²) in [6.07, 6.45) is 8.34. The Balaban J connectivity index is 1.40. The van der Waals surface area contributed by atoms with E-state index >= 15 is 0 Å². The van der Waals surface area contributed by atoms with Crippen molar-refractivity contribution in [3.05, 3.63) is 85.3 Å². The highest BCUT2D eigenvalue weighted by Gasteiger charge is 2.33. The molecule has 37 heavy (non-hydrogen) atoms. The number of fused-ring (bicyclic) bond motifs is 3. The first-order chi connectivity index (χ1) is 18.0. The predicted molar refractivity (Wildman–Crippen MR) is 145 cm³/mol. The van der Waals surface area contributed by atoms with E-state index in [2.05, 4.69) is 20.3 Å². The monoisotopic (exact) mass is 513 g/mol. The molecule has 3 aromatic heterocycles. The van der Waals surface area contributed by atoms with Crippen molar-refractivity contribution in [3.63, 3.8) is 0 Å². The van der Waals surface area contributed by atoms with Gasteiger partial charge in [-0.1, -0.05) is 12.1 Å². The van der Waals surface area contributed by atoms with E-state index in [-0.39, 0.29) is 18.1 Å². The number of carbonyl (C=O) groups excluding carboxylic acids is 1. The highest BCUT2D eigenvalue weighted by atomic mass is 32.1. The third-order valence-electron chi connectivity index (χ3n) is 7.28. The number of H-pyrrole nitrogens is 1. The number of nitrogens with one attached hydrogen (secondary N) is 2. The van der Waals surface area contributed by atoms with Gasteiger partial charge in [-0.15, -0.1) is 11.3 Å². The number of amides is 1. The number of benzene rings is 1. The van der Waals surface area contributed by atoms with Gasteiger partial charge in [-0.25, -0.2) is 9.97 Å². The maximum absolute atomic E-state index is 13.7. The molecule has 0 fully saturated rings. The lowest BCUT2D eigenvalue weighted by Crippen LogP contribution is -2.37. The van der Waals surface area contributed by atoms with Crippen molar-refractivity contribution >= 4 is 34.4 Å². The SMILES string of the molecule is Cc1[nH]c(=O)c(Nc2ccncn2)cc1-c1cccc(N2CCc3c(sc4c3CCCC4)C2=O)c1CO. The van der Waals surface area contributed by atoms with Gasteiger partial charge >= 0.3 is 0 Å². The zero-order chi connectivity index (χ0) is 25.5. The Hall–Kier alpha value is -3.82. The molecule has 3 N–H and O–H groups in total. The highest BCUT2D eigenvalue weighted by molar-refractivity contribution is 7.14. The van der Waals surface area contributed by atoms with E-state index in [1.807, 2.05) is 25.1 Å². The summed E-state index contributed by atoms with van der Waals surface area (Å²) >= 11 is 1.65. The molecule has 9 heteroatoms. The third kappa shape index (κ3) is 4.14. The van der Waals surface area contributed by atoms with Crippen molar-refractivity contribution in [3.8, 4) is 11.1 Å². The molecule has 0 unspecified atom stereocenters. The second kappa shape index (κ2) is 9.57. The van der Waals surface area contributed by atoms with Crippen molar-refractivity contribution in [2.45, 2.75) is 45.6 Å². The molecule has 0 spiro atoms. The first-order valence-corrected chi connectivity index (χ1v) is 13.3. The summed E-state index contributed by atoms with van der Waals surface area (Å²) in [5, 5.41) is 13.6. The highest BCUT2D eigenvalue weighted by Crippen LogP contribution is 2.40. The van der Waals surface area contributed by atoms with Crippen LogP contribution in [0, 0.1) is 6.92 Å². The number of aryl methyl sites for hydroxylation is 2. The fourth-order valence-corrected chi connectivity index (χ4v) is 6.88. The minimum Gasteiger partial charge on any atom is -0.392 e. The fraction of sp³-hybridized carbons (Fsp3) is 0.286. The number of rotatable bonds is 5.